The highest BCUT2D eigenvalue weighted by Crippen LogP contribution is 2.32. The van der Waals surface area contributed by atoms with Gasteiger partial charge in [-0.05, 0) is 50.8 Å². The molecular formula is C24H31FN6O2. The number of carbonyl (C=O) groups is 1. The third-order valence-corrected chi connectivity index (χ3v) is 6.92. The molecule has 0 aromatic heterocycles. The number of nitrogens with one attached hydrogen (secondary N) is 1. The zero-order valence-corrected chi connectivity index (χ0v) is 19.1. The summed E-state index contributed by atoms with van der Waals surface area (Å²) in [5.41, 5.74) is 10.7. The number of likely N-dealkylation sites (tertiary alicyclic amines) is 2. The molecule has 1 aromatic carbocycles. The van der Waals surface area contributed by atoms with Crippen molar-refractivity contribution < 1.29 is 13.9 Å². The number of hydrogen-bond donors (Lipinski definition) is 2. The molecule has 1 aromatic rings. The van der Waals surface area contributed by atoms with Crippen LogP contribution in [0.4, 0.5) is 4.39 Å². The summed E-state index contributed by atoms with van der Waals surface area (Å²) in [7, 11) is 1.46. The summed E-state index contributed by atoms with van der Waals surface area (Å²) in [6, 6.07) is 4.44. The Bertz CT molecular complexity index is 1040. The minimum atomic E-state index is -0.560. The summed E-state index contributed by atoms with van der Waals surface area (Å²) < 4.78 is 19.9. The van der Waals surface area contributed by atoms with Crippen molar-refractivity contribution in [3.8, 4) is 5.75 Å². The Kier molecular flexibility index (Phi) is 5.84. The summed E-state index contributed by atoms with van der Waals surface area (Å²) in [6.45, 7) is 4.35. The molecule has 5 rings (SSSR count). The summed E-state index contributed by atoms with van der Waals surface area (Å²) in [6.07, 6.45) is 7.83. The van der Waals surface area contributed by atoms with Crippen molar-refractivity contribution in [2.24, 2.45) is 10.7 Å². The van der Waals surface area contributed by atoms with Crippen LogP contribution in [0.1, 0.15) is 43.0 Å². The maximum absolute atomic E-state index is 14.6. The number of benzene rings is 1. The number of piperidine rings is 1. The van der Waals surface area contributed by atoms with Crippen LogP contribution in [0.5, 0.6) is 5.75 Å². The molecule has 8 nitrogen and oxygen atoms in total. The first-order valence-corrected chi connectivity index (χ1v) is 11.6. The predicted molar refractivity (Wildman–Crippen MR) is 124 cm³/mol. The van der Waals surface area contributed by atoms with Crippen LogP contribution in [0.15, 0.2) is 46.9 Å². The average Bonchev–Trinajstić information content (AvgIpc) is 3.43. The standard InChI is InChI=1S/C24H31FN6O2/c1-15-13-31-21(27-23(15)29-11-9-16(26)14-29)12-18(28-31)19-7-3-4-10-30(19)24(32)22-17(25)6-5-8-20(22)33-2/h5-6,8,12-13,16,18-19,28H,3-4,7,9-11,14,26H2,1-2H3. The monoisotopic (exact) mass is 454 g/mol. The SMILES string of the molecule is COc1cccc(F)c1C(=O)N1CCCCC1C1C=C2N=C(N3CCC(N)C3)C(C)=CN2N1. The van der Waals surface area contributed by atoms with Crippen LogP contribution in [-0.2, 0) is 0 Å². The molecule has 1 amide bonds. The molecule has 0 radical (unpaired) electrons. The highest BCUT2D eigenvalue weighted by atomic mass is 19.1. The van der Waals surface area contributed by atoms with Crippen molar-refractivity contribution in [3.05, 3.63) is 53.2 Å². The van der Waals surface area contributed by atoms with E-state index in [1.165, 1.54) is 13.2 Å². The van der Waals surface area contributed by atoms with E-state index in [0.29, 0.717) is 6.54 Å². The Balaban J connectivity index is 1.41. The number of nitrogens with two attached hydrogens (primary N) is 1. The van der Waals surface area contributed by atoms with Crippen LogP contribution in [0.25, 0.3) is 0 Å². The van der Waals surface area contributed by atoms with Crippen LogP contribution < -0.4 is 15.9 Å². The molecule has 0 bridgehead atoms. The van der Waals surface area contributed by atoms with Gasteiger partial charge in [-0.3, -0.25) is 9.80 Å². The lowest BCUT2D eigenvalue weighted by Crippen LogP contribution is -2.54. The number of hydrogen-bond acceptors (Lipinski definition) is 7. The number of aliphatic imine (C=N–C) groups is 1. The van der Waals surface area contributed by atoms with Crippen molar-refractivity contribution in [2.75, 3.05) is 26.7 Å². The first kappa shape index (κ1) is 21.9. The Morgan fingerprint density at radius 3 is 2.88 bits per heavy atom. The predicted octanol–water partition coefficient (Wildman–Crippen LogP) is 2.21. The van der Waals surface area contributed by atoms with Gasteiger partial charge >= 0.3 is 0 Å². The summed E-state index contributed by atoms with van der Waals surface area (Å²) in [5, 5.41) is 1.93. The molecule has 0 spiro atoms. The van der Waals surface area contributed by atoms with E-state index < -0.39 is 5.82 Å². The Morgan fingerprint density at radius 1 is 1.27 bits per heavy atom. The number of carbonyl (C=O) groups excluding carboxylic acids is 1. The fourth-order valence-electron chi connectivity index (χ4n) is 5.25. The fourth-order valence-corrected chi connectivity index (χ4v) is 5.25. The fraction of sp³-hybridized carbons (Fsp3) is 0.500. The number of halogens is 1. The molecule has 2 saturated heterocycles. The molecule has 176 valence electrons. The Hall–Kier alpha value is -2.91. The molecule has 4 aliphatic heterocycles. The van der Waals surface area contributed by atoms with Crippen LogP contribution in [0, 0.1) is 5.82 Å². The zero-order chi connectivity index (χ0) is 23.1. The van der Waals surface area contributed by atoms with Crippen LogP contribution in [0.3, 0.4) is 0 Å². The number of nitrogens with zero attached hydrogens (tertiary/aromatic N) is 4. The van der Waals surface area contributed by atoms with Crippen molar-refractivity contribution in [1.82, 2.24) is 20.2 Å². The molecule has 9 heteroatoms. The van der Waals surface area contributed by atoms with Gasteiger partial charge in [-0.2, -0.15) is 0 Å². The number of hydrazine groups is 1. The van der Waals surface area contributed by atoms with E-state index in [4.69, 9.17) is 15.5 Å². The van der Waals surface area contributed by atoms with E-state index >= 15 is 0 Å². The molecule has 0 aliphatic carbocycles. The van der Waals surface area contributed by atoms with Crippen molar-refractivity contribution in [2.45, 2.75) is 50.7 Å². The largest absolute Gasteiger partial charge is 0.496 e. The van der Waals surface area contributed by atoms with Gasteiger partial charge in [-0.1, -0.05) is 6.07 Å². The number of methoxy groups -OCH3 is 1. The smallest absolute Gasteiger partial charge is 0.260 e. The molecule has 3 N–H and O–H groups in total. The summed E-state index contributed by atoms with van der Waals surface area (Å²) in [4.78, 5) is 22.4. The van der Waals surface area contributed by atoms with Gasteiger partial charge in [0.05, 0.1) is 19.2 Å². The topological polar surface area (TPSA) is 86.4 Å². The average molecular weight is 455 g/mol. The minimum absolute atomic E-state index is 0.00306. The number of amides is 1. The highest BCUT2D eigenvalue weighted by Gasteiger charge is 2.39. The molecular weight excluding hydrogens is 423 g/mol. The minimum Gasteiger partial charge on any atom is -0.496 e. The maximum atomic E-state index is 14.6. The molecule has 0 saturated carbocycles. The van der Waals surface area contributed by atoms with E-state index in [-0.39, 0.29) is 35.3 Å². The van der Waals surface area contributed by atoms with Crippen molar-refractivity contribution >= 4 is 11.7 Å². The maximum Gasteiger partial charge on any atom is 0.260 e. The van der Waals surface area contributed by atoms with Crippen molar-refractivity contribution in [1.29, 1.82) is 0 Å². The molecule has 3 unspecified atom stereocenters. The number of rotatable bonds is 3. The van der Waals surface area contributed by atoms with Gasteiger partial charge in [0.25, 0.3) is 5.91 Å². The van der Waals surface area contributed by atoms with E-state index in [9.17, 15) is 9.18 Å². The molecule has 33 heavy (non-hydrogen) atoms. The van der Waals surface area contributed by atoms with E-state index in [1.54, 1.807) is 17.0 Å². The van der Waals surface area contributed by atoms with Gasteiger partial charge in [-0.15, -0.1) is 0 Å². The third-order valence-electron chi connectivity index (χ3n) is 6.92. The normalized spacial score (nSPS) is 27.2. The molecule has 4 heterocycles. The van der Waals surface area contributed by atoms with Gasteiger partial charge in [0.1, 0.15) is 28.8 Å². The lowest BCUT2D eigenvalue weighted by atomic mass is 9.94. The van der Waals surface area contributed by atoms with Crippen molar-refractivity contribution in [3.63, 3.8) is 0 Å². The zero-order valence-electron chi connectivity index (χ0n) is 19.1. The van der Waals surface area contributed by atoms with Gasteiger partial charge in [-0.25, -0.2) is 14.8 Å². The highest BCUT2D eigenvalue weighted by molar-refractivity contribution is 5.99. The quantitative estimate of drug-likeness (QED) is 0.728. The van der Waals surface area contributed by atoms with E-state index in [1.807, 2.05) is 11.2 Å². The summed E-state index contributed by atoms with van der Waals surface area (Å²) in [5.74, 6) is 1.15. The number of ether oxygens (including phenoxy) is 1. The first-order chi connectivity index (χ1) is 16.0. The Morgan fingerprint density at radius 2 is 2.12 bits per heavy atom. The van der Waals surface area contributed by atoms with Gasteiger partial charge in [0.2, 0.25) is 0 Å². The van der Waals surface area contributed by atoms with E-state index in [2.05, 4.69) is 23.3 Å². The molecule has 3 atom stereocenters. The lowest BCUT2D eigenvalue weighted by Gasteiger charge is -2.39. The van der Waals surface area contributed by atoms with Crippen LogP contribution in [-0.4, -0.2) is 71.4 Å². The molecule has 2 fully saturated rings. The lowest BCUT2D eigenvalue weighted by molar-refractivity contribution is 0.0553. The van der Waals surface area contributed by atoms with Crippen LogP contribution >= 0.6 is 0 Å². The van der Waals surface area contributed by atoms with Gasteiger partial charge < -0.3 is 20.3 Å². The second-order valence-corrected chi connectivity index (χ2v) is 9.17. The van der Waals surface area contributed by atoms with E-state index in [0.717, 1.165) is 56.0 Å². The Labute approximate surface area is 193 Å². The van der Waals surface area contributed by atoms with Crippen LogP contribution in [0.2, 0.25) is 0 Å². The second kappa shape index (κ2) is 8.79. The first-order valence-electron chi connectivity index (χ1n) is 11.6. The van der Waals surface area contributed by atoms with Gasteiger partial charge in [0, 0.05) is 37.4 Å². The summed E-state index contributed by atoms with van der Waals surface area (Å²) >= 11 is 0. The molecule has 4 aliphatic rings. The van der Waals surface area contributed by atoms with Gasteiger partial charge in [0.15, 0.2) is 0 Å². The second-order valence-electron chi connectivity index (χ2n) is 9.17. The third kappa shape index (κ3) is 4.00. The number of amidine groups is 1. The number of fused-ring (bicyclic) bond motifs is 1.